The molecule has 3 aromatic rings. The van der Waals surface area contributed by atoms with Gasteiger partial charge in [0, 0.05) is 55.2 Å². The molecule has 1 fully saturated rings. The highest BCUT2D eigenvalue weighted by Crippen LogP contribution is 2.19. The van der Waals surface area contributed by atoms with E-state index in [1.165, 1.54) is 10.4 Å². The summed E-state index contributed by atoms with van der Waals surface area (Å²) in [6, 6.07) is 4.20. The summed E-state index contributed by atoms with van der Waals surface area (Å²) in [4.78, 5) is 12.6. The summed E-state index contributed by atoms with van der Waals surface area (Å²) in [7, 11) is 0. The van der Waals surface area contributed by atoms with Gasteiger partial charge in [0.1, 0.15) is 0 Å². The van der Waals surface area contributed by atoms with Crippen LogP contribution in [0.15, 0.2) is 42.4 Å². The average molecular weight is 328 g/mol. The molecular weight excluding hydrogens is 308 g/mol. The Morgan fingerprint density at radius 2 is 2.35 bits per heavy atom. The van der Waals surface area contributed by atoms with Gasteiger partial charge in [-0.25, -0.2) is 0 Å². The van der Waals surface area contributed by atoms with Crippen LogP contribution >= 0.6 is 11.3 Å². The zero-order chi connectivity index (χ0) is 15.5. The Kier molecular flexibility index (Phi) is 4.37. The van der Waals surface area contributed by atoms with Crippen LogP contribution in [0.5, 0.6) is 0 Å². The van der Waals surface area contributed by atoms with E-state index in [0.29, 0.717) is 5.92 Å². The molecule has 3 aromatic heterocycles. The number of ether oxygens (including phenoxy) is 1. The molecule has 0 unspecified atom stereocenters. The molecule has 23 heavy (non-hydrogen) atoms. The van der Waals surface area contributed by atoms with E-state index in [2.05, 4.69) is 37.6 Å². The number of aromatic nitrogens is 3. The Bertz CT molecular complexity index is 755. The fourth-order valence-electron chi connectivity index (χ4n) is 3.22. The molecule has 1 aliphatic rings. The molecule has 0 bridgehead atoms. The van der Waals surface area contributed by atoms with Crippen LogP contribution in [0.25, 0.3) is 5.52 Å². The van der Waals surface area contributed by atoms with Crippen LogP contribution in [0, 0.1) is 5.92 Å². The van der Waals surface area contributed by atoms with Crippen LogP contribution in [-0.4, -0.2) is 45.6 Å². The van der Waals surface area contributed by atoms with Crippen molar-refractivity contribution in [2.75, 3.05) is 26.3 Å². The molecule has 0 N–H and O–H groups in total. The van der Waals surface area contributed by atoms with Crippen LogP contribution in [-0.2, 0) is 17.7 Å². The molecule has 1 saturated heterocycles. The Morgan fingerprint density at radius 1 is 1.35 bits per heavy atom. The number of nitrogens with zero attached hydrogens (tertiary/aromatic N) is 4. The van der Waals surface area contributed by atoms with Gasteiger partial charge in [0.05, 0.1) is 29.9 Å². The summed E-state index contributed by atoms with van der Waals surface area (Å²) >= 11 is 1.72. The second kappa shape index (κ2) is 6.78. The molecule has 1 aliphatic heterocycles. The third kappa shape index (κ3) is 3.44. The minimum absolute atomic E-state index is 0.471. The van der Waals surface area contributed by atoms with Gasteiger partial charge in [-0.1, -0.05) is 0 Å². The first-order valence-electron chi connectivity index (χ1n) is 7.96. The van der Waals surface area contributed by atoms with E-state index < -0.39 is 0 Å². The van der Waals surface area contributed by atoms with Crippen LogP contribution in [0.1, 0.15) is 10.6 Å². The maximum Gasteiger partial charge on any atom is 0.0794 e. The van der Waals surface area contributed by atoms with Gasteiger partial charge in [-0.05, 0) is 18.6 Å². The summed E-state index contributed by atoms with van der Waals surface area (Å²) in [5.41, 5.74) is 4.26. The van der Waals surface area contributed by atoms with Gasteiger partial charge in [-0.3, -0.25) is 14.9 Å². The molecule has 0 aromatic carbocycles. The second-order valence-electron chi connectivity index (χ2n) is 6.02. The Balaban J connectivity index is 1.48. The number of fused-ring (bicyclic) bond motifs is 1. The lowest BCUT2D eigenvalue weighted by atomic mass is 10.0. The monoisotopic (exact) mass is 328 g/mol. The van der Waals surface area contributed by atoms with E-state index in [9.17, 15) is 0 Å². The molecule has 0 aliphatic carbocycles. The molecular formula is C17H20N4OS. The fourth-order valence-corrected chi connectivity index (χ4v) is 3.86. The first-order valence-corrected chi connectivity index (χ1v) is 8.84. The van der Waals surface area contributed by atoms with Crippen molar-refractivity contribution in [3.05, 3.63) is 53.0 Å². The zero-order valence-corrected chi connectivity index (χ0v) is 13.8. The smallest absolute Gasteiger partial charge is 0.0794 e. The molecule has 4 rings (SSSR count). The van der Waals surface area contributed by atoms with E-state index in [4.69, 9.17) is 4.74 Å². The number of hydrogen-bond acceptors (Lipinski definition) is 5. The highest BCUT2D eigenvalue weighted by Gasteiger charge is 2.21. The normalized spacial score (nSPS) is 19.9. The molecule has 0 radical (unpaired) electrons. The van der Waals surface area contributed by atoms with Crippen molar-refractivity contribution in [3.8, 4) is 0 Å². The first-order chi connectivity index (χ1) is 11.4. The number of hydrogen-bond donors (Lipinski definition) is 0. The van der Waals surface area contributed by atoms with Gasteiger partial charge in [0.25, 0.3) is 0 Å². The predicted molar refractivity (Wildman–Crippen MR) is 90.6 cm³/mol. The molecule has 1 atom stereocenters. The molecule has 0 saturated carbocycles. The second-order valence-corrected chi connectivity index (χ2v) is 6.99. The largest absolute Gasteiger partial charge is 0.380 e. The first kappa shape index (κ1) is 14.8. The lowest BCUT2D eigenvalue weighted by molar-refractivity contribution is 0.121. The minimum Gasteiger partial charge on any atom is -0.380 e. The van der Waals surface area contributed by atoms with Gasteiger partial charge in [0.2, 0.25) is 0 Å². The topological polar surface area (TPSA) is 42.7 Å². The number of thiazole rings is 1. The van der Waals surface area contributed by atoms with E-state index in [-0.39, 0.29) is 0 Å². The van der Waals surface area contributed by atoms with E-state index in [0.717, 1.165) is 45.0 Å². The molecule has 120 valence electrons. The van der Waals surface area contributed by atoms with E-state index in [1.54, 1.807) is 11.3 Å². The fraction of sp³-hybridized carbons (Fsp3) is 0.412. The van der Waals surface area contributed by atoms with Gasteiger partial charge < -0.3 is 9.14 Å². The van der Waals surface area contributed by atoms with Gasteiger partial charge in [0.15, 0.2) is 0 Å². The van der Waals surface area contributed by atoms with Gasteiger partial charge in [-0.2, -0.15) is 0 Å². The van der Waals surface area contributed by atoms with Crippen LogP contribution in [0.2, 0.25) is 0 Å². The van der Waals surface area contributed by atoms with E-state index in [1.807, 2.05) is 24.1 Å². The molecule has 6 heteroatoms. The summed E-state index contributed by atoms with van der Waals surface area (Å²) in [5, 5.41) is 0. The summed E-state index contributed by atoms with van der Waals surface area (Å²) < 4.78 is 7.97. The average Bonchev–Trinajstić information content (AvgIpc) is 3.18. The molecule has 4 heterocycles. The SMILES string of the molecule is c1cc2c(C[C@H]3COCCN(Cc4cncs4)C3)nccn2c1. The van der Waals surface area contributed by atoms with Crippen molar-refractivity contribution in [1.29, 1.82) is 0 Å². The predicted octanol–water partition coefficient (Wildman–Crippen LogP) is 2.48. The third-order valence-corrected chi connectivity index (χ3v) is 5.06. The quantitative estimate of drug-likeness (QED) is 0.738. The minimum atomic E-state index is 0.471. The zero-order valence-electron chi connectivity index (χ0n) is 13.0. The molecule has 5 nitrogen and oxygen atoms in total. The lowest BCUT2D eigenvalue weighted by Gasteiger charge is -2.22. The summed E-state index contributed by atoms with van der Waals surface area (Å²) in [5.74, 6) is 0.471. The van der Waals surface area contributed by atoms with Crippen molar-refractivity contribution < 1.29 is 4.74 Å². The third-order valence-electron chi connectivity index (χ3n) is 4.30. The molecule has 0 amide bonds. The standard InChI is InChI=1S/C17H20N4OS/c1-2-17-16(19-3-5-21(17)4-1)8-14-10-20(6-7-22-12-14)11-15-9-18-13-23-15/h1-5,9,13-14H,6-8,10-12H2/t14-/m1/s1. The van der Waals surface area contributed by atoms with Crippen molar-refractivity contribution in [1.82, 2.24) is 19.3 Å². The molecule has 0 spiro atoms. The van der Waals surface area contributed by atoms with Crippen molar-refractivity contribution in [3.63, 3.8) is 0 Å². The van der Waals surface area contributed by atoms with Crippen LogP contribution in [0.4, 0.5) is 0 Å². The maximum absolute atomic E-state index is 5.83. The van der Waals surface area contributed by atoms with Gasteiger partial charge >= 0.3 is 0 Å². The Morgan fingerprint density at radius 3 is 3.26 bits per heavy atom. The Labute approximate surface area is 139 Å². The van der Waals surface area contributed by atoms with Crippen molar-refractivity contribution in [2.45, 2.75) is 13.0 Å². The van der Waals surface area contributed by atoms with Crippen molar-refractivity contribution >= 4 is 16.9 Å². The number of rotatable bonds is 4. The van der Waals surface area contributed by atoms with Gasteiger partial charge in [-0.15, -0.1) is 11.3 Å². The van der Waals surface area contributed by atoms with E-state index >= 15 is 0 Å². The van der Waals surface area contributed by atoms with Crippen molar-refractivity contribution in [2.24, 2.45) is 5.92 Å². The summed E-state index contributed by atoms with van der Waals surface area (Å²) in [6.45, 7) is 4.60. The maximum atomic E-state index is 5.83. The van der Waals surface area contributed by atoms with Crippen LogP contribution < -0.4 is 0 Å². The van der Waals surface area contributed by atoms with Crippen LogP contribution in [0.3, 0.4) is 0 Å². The summed E-state index contributed by atoms with van der Waals surface area (Å²) in [6.07, 6.45) is 8.87. The Hall–Kier alpha value is -1.76. The lowest BCUT2D eigenvalue weighted by Crippen LogP contribution is -2.30. The highest BCUT2D eigenvalue weighted by molar-refractivity contribution is 7.09. The highest BCUT2D eigenvalue weighted by atomic mass is 32.1.